The zero-order valence-electron chi connectivity index (χ0n) is 7.66. The monoisotopic (exact) mass is 211 g/mol. The lowest BCUT2D eigenvalue weighted by molar-refractivity contribution is -0.509. The lowest BCUT2D eigenvalue weighted by Crippen LogP contribution is -2.31. The summed E-state index contributed by atoms with van der Waals surface area (Å²) in [5.41, 5.74) is 0.497. The Kier molecular flexibility index (Phi) is 3.22. The highest BCUT2D eigenvalue weighted by Gasteiger charge is 2.29. The minimum Gasteiger partial charge on any atom is -0.508 e. The number of phenols is 1. The van der Waals surface area contributed by atoms with Gasteiger partial charge < -0.3 is 10.2 Å². The van der Waals surface area contributed by atoms with Crippen LogP contribution in [0.15, 0.2) is 24.3 Å². The molecule has 0 amide bonds. The molecule has 80 valence electrons. The number of nitrogens with zero attached hydrogens (tertiary/aromatic N) is 1. The number of phenolic OH excluding ortho intramolecular Hbond substituents is 1. The maximum Gasteiger partial charge on any atom is 0.379 e. The van der Waals surface area contributed by atoms with E-state index >= 15 is 0 Å². The lowest BCUT2D eigenvalue weighted by atomic mass is 10.1. The Hall–Kier alpha value is -2.11. The molecule has 0 spiro atoms. The second-order valence-electron chi connectivity index (χ2n) is 3.01. The van der Waals surface area contributed by atoms with Gasteiger partial charge in [0.15, 0.2) is 0 Å². The van der Waals surface area contributed by atoms with Crippen molar-refractivity contribution in [1.82, 2.24) is 0 Å². The van der Waals surface area contributed by atoms with Crippen LogP contribution >= 0.6 is 0 Å². The van der Waals surface area contributed by atoms with Gasteiger partial charge in [0.25, 0.3) is 0 Å². The Morgan fingerprint density at radius 2 is 1.93 bits per heavy atom. The van der Waals surface area contributed by atoms with Crippen molar-refractivity contribution in [2.75, 3.05) is 0 Å². The van der Waals surface area contributed by atoms with Crippen LogP contribution in [0, 0.1) is 10.1 Å². The highest BCUT2D eigenvalue weighted by atomic mass is 16.6. The van der Waals surface area contributed by atoms with Crippen LogP contribution in [0.4, 0.5) is 0 Å². The predicted molar refractivity (Wildman–Crippen MR) is 50.2 cm³/mol. The molecular weight excluding hydrogens is 202 g/mol. The number of hydrogen-bond acceptors (Lipinski definition) is 4. The number of benzene rings is 1. The number of nitro groups is 1. The first kappa shape index (κ1) is 11.0. The summed E-state index contributed by atoms with van der Waals surface area (Å²) in [7, 11) is 0. The van der Waals surface area contributed by atoms with Gasteiger partial charge in [-0.1, -0.05) is 12.1 Å². The minimum atomic E-state index is -1.64. The average Bonchev–Trinajstić information content (AvgIpc) is 2.15. The summed E-state index contributed by atoms with van der Waals surface area (Å²) in [6.07, 6.45) is -0.192. The first-order valence-electron chi connectivity index (χ1n) is 4.15. The Balaban J connectivity index is 2.79. The summed E-state index contributed by atoms with van der Waals surface area (Å²) in [6.45, 7) is 0. The van der Waals surface area contributed by atoms with E-state index in [4.69, 9.17) is 10.2 Å². The van der Waals surface area contributed by atoms with Gasteiger partial charge in [0, 0.05) is 4.92 Å². The van der Waals surface area contributed by atoms with Crippen molar-refractivity contribution >= 4 is 5.97 Å². The van der Waals surface area contributed by atoms with Crippen LogP contribution in [-0.4, -0.2) is 27.1 Å². The van der Waals surface area contributed by atoms with Gasteiger partial charge in [0.2, 0.25) is 0 Å². The molecule has 6 nitrogen and oxygen atoms in total. The molecule has 15 heavy (non-hydrogen) atoms. The Morgan fingerprint density at radius 1 is 1.40 bits per heavy atom. The van der Waals surface area contributed by atoms with E-state index in [-0.39, 0.29) is 12.2 Å². The van der Waals surface area contributed by atoms with E-state index < -0.39 is 16.9 Å². The zero-order valence-corrected chi connectivity index (χ0v) is 7.66. The number of carboxylic acids is 1. The van der Waals surface area contributed by atoms with Crippen molar-refractivity contribution in [3.05, 3.63) is 39.9 Å². The molecule has 6 heteroatoms. The molecule has 0 bridgehead atoms. The predicted octanol–water partition coefficient (Wildman–Crippen LogP) is 0.665. The topological polar surface area (TPSA) is 101 Å². The van der Waals surface area contributed by atoms with Crippen molar-refractivity contribution in [3.8, 4) is 5.75 Å². The lowest BCUT2D eigenvalue weighted by Gasteiger charge is -2.04. The van der Waals surface area contributed by atoms with Gasteiger partial charge in [-0.2, -0.15) is 0 Å². The van der Waals surface area contributed by atoms with Gasteiger partial charge in [-0.3, -0.25) is 10.1 Å². The smallest absolute Gasteiger partial charge is 0.379 e. The first-order valence-corrected chi connectivity index (χ1v) is 4.15. The molecule has 0 saturated carbocycles. The number of hydrogen-bond donors (Lipinski definition) is 2. The van der Waals surface area contributed by atoms with E-state index in [0.717, 1.165) is 0 Å². The van der Waals surface area contributed by atoms with Crippen molar-refractivity contribution in [2.45, 2.75) is 12.5 Å². The third kappa shape index (κ3) is 2.94. The zero-order chi connectivity index (χ0) is 11.4. The molecule has 0 aliphatic carbocycles. The summed E-state index contributed by atoms with van der Waals surface area (Å²) < 4.78 is 0. The van der Waals surface area contributed by atoms with E-state index in [1.807, 2.05) is 0 Å². The molecule has 1 aromatic rings. The summed E-state index contributed by atoms with van der Waals surface area (Å²) >= 11 is 0. The van der Waals surface area contributed by atoms with Gasteiger partial charge in [0.1, 0.15) is 5.75 Å². The van der Waals surface area contributed by atoms with Gasteiger partial charge >= 0.3 is 12.0 Å². The van der Waals surface area contributed by atoms with Crippen LogP contribution < -0.4 is 0 Å². The van der Waals surface area contributed by atoms with Crippen LogP contribution in [0.3, 0.4) is 0 Å². The number of carbonyl (C=O) groups is 1. The van der Waals surface area contributed by atoms with E-state index in [0.29, 0.717) is 5.56 Å². The van der Waals surface area contributed by atoms with E-state index in [1.165, 1.54) is 24.3 Å². The van der Waals surface area contributed by atoms with Crippen molar-refractivity contribution in [2.24, 2.45) is 0 Å². The molecule has 1 aromatic carbocycles. The van der Waals surface area contributed by atoms with Crippen LogP contribution in [0.25, 0.3) is 0 Å². The van der Waals surface area contributed by atoms with Crippen molar-refractivity contribution in [3.63, 3.8) is 0 Å². The molecule has 2 N–H and O–H groups in total. The van der Waals surface area contributed by atoms with Crippen molar-refractivity contribution < 1.29 is 19.9 Å². The van der Waals surface area contributed by atoms with Gasteiger partial charge in [-0.15, -0.1) is 0 Å². The minimum absolute atomic E-state index is 0.0340. The molecule has 1 unspecified atom stereocenters. The molecule has 0 saturated heterocycles. The maximum absolute atomic E-state index is 10.5. The van der Waals surface area contributed by atoms with E-state index in [2.05, 4.69) is 0 Å². The van der Waals surface area contributed by atoms with Gasteiger partial charge in [-0.05, 0) is 17.7 Å². The van der Waals surface area contributed by atoms with Crippen LogP contribution in [0.1, 0.15) is 5.56 Å². The summed E-state index contributed by atoms with van der Waals surface area (Å²) in [6, 6.07) is 3.97. The summed E-state index contributed by atoms with van der Waals surface area (Å²) in [5, 5.41) is 27.9. The molecule has 0 aromatic heterocycles. The molecule has 0 fully saturated rings. The number of aromatic hydroxyl groups is 1. The fraction of sp³-hybridized carbons (Fsp3) is 0.222. The Bertz CT molecular complexity index is 359. The standard InChI is InChI=1S/C9H9NO5/c11-7-3-1-6(2-4-7)5-8(9(12)13)10(14)15/h1-4,8,11H,5H2,(H,12,13). The first-order chi connectivity index (χ1) is 7.00. The second kappa shape index (κ2) is 4.41. The fourth-order valence-corrected chi connectivity index (χ4v) is 1.11. The van der Waals surface area contributed by atoms with Crippen molar-refractivity contribution in [1.29, 1.82) is 0 Å². The molecule has 0 aliphatic heterocycles. The van der Waals surface area contributed by atoms with Gasteiger partial charge in [0.05, 0.1) is 6.42 Å². The number of carboxylic acid groups (broad SMARTS) is 1. The fourth-order valence-electron chi connectivity index (χ4n) is 1.11. The Morgan fingerprint density at radius 3 is 2.33 bits per heavy atom. The van der Waals surface area contributed by atoms with E-state index in [1.54, 1.807) is 0 Å². The molecule has 1 atom stereocenters. The maximum atomic E-state index is 10.5. The highest BCUT2D eigenvalue weighted by Crippen LogP contribution is 2.12. The molecule has 1 rings (SSSR count). The Labute approximate surface area is 84.9 Å². The largest absolute Gasteiger partial charge is 0.508 e. The average molecular weight is 211 g/mol. The highest BCUT2D eigenvalue weighted by molar-refractivity contribution is 5.72. The molecule has 0 aliphatic rings. The molecular formula is C9H9NO5. The quantitative estimate of drug-likeness (QED) is 0.562. The summed E-state index contributed by atoms with van der Waals surface area (Å²) in [4.78, 5) is 20.1. The van der Waals surface area contributed by atoms with Crippen LogP contribution in [0.2, 0.25) is 0 Å². The third-order valence-electron chi connectivity index (χ3n) is 1.90. The summed E-state index contributed by atoms with van der Waals surface area (Å²) in [5.74, 6) is -1.43. The van der Waals surface area contributed by atoms with E-state index in [9.17, 15) is 14.9 Å². The second-order valence-corrected chi connectivity index (χ2v) is 3.01. The van der Waals surface area contributed by atoms with Crippen LogP contribution in [-0.2, 0) is 11.2 Å². The van der Waals surface area contributed by atoms with Crippen LogP contribution in [0.5, 0.6) is 5.75 Å². The molecule has 0 radical (unpaired) electrons. The molecule has 0 heterocycles. The number of aliphatic carboxylic acids is 1. The normalized spacial score (nSPS) is 12.0. The van der Waals surface area contributed by atoms with Gasteiger partial charge in [-0.25, -0.2) is 4.79 Å². The third-order valence-corrected chi connectivity index (χ3v) is 1.90. The SMILES string of the molecule is O=C(O)C(Cc1ccc(O)cc1)[N+](=O)[O-]. The number of rotatable bonds is 4.